The first-order chi connectivity index (χ1) is 1.73. The number of hydrogen-bond acceptors (Lipinski definition) is 0. The molecule has 0 unspecified atom stereocenters. The Labute approximate surface area is 49.1 Å². The van der Waals surface area contributed by atoms with Gasteiger partial charge in [0.05, 0.1) is 0 Å². The summed E-state index contributed by atoms with van der Waals surface area (Å²) in [4.78, 5) is 0. The first-order valence-electron chi connectivity index (χ1n) is 0.474. The molecule has 0 rings (SSSR count). The van der Waals surface area contributed by atoms with Gasteiger partial charge in [0.25, 0.3) is 0 Å². The van der Waals surface area contributed by atoms with Crippen molar-refractivity contribution in [1.82, 2.24) is 0 Å². The van der Waals surface area contributed by atoms with Crippen molar-refractivity contribution < 1.29 is 27.3 Å². The summed E-state index contributed by atoms with van der Waals surface area (Å²) in [6.07, 6.45) is 0. The number of rotatable bonds is 0. The third-order valence-electron chi connectivity index (χ3n) is 0. The minimum absolute atomic E-state index is 0. The summed E-state index contributed by atoms with van der Waals surface area (Å²) in [5, 5.41) is 0. The van der Waals surface area contributed by atoms with Gasteiger partial charge in [0.1, 0.15) is 0 Å². The van der Waals surface area contributed by atoms with Crippen molar-refractivity contribution in [3.63, 3.8) is 0 Å². The molecule has 0 spiro atoms. The summed E-state index contributed by atoms with van der Waals surface area (Å²) in [6, 6.07) is 0. The van der Waals surface area contributed by atoms with Crippen LogP contribution in [-0.2, 0) is 27.3 Å². The summed E-state index contributed by atoms with van der Waals surface area (Å²) in [5.41, 5.74) is 0. The maximum absolute atomic E-state index is 3.78. The predicted molar refractivity (Wildman–Crippen MR) is 20.8 cm³/mol. The van der Waals surface area contributed by atoms with E-state index in [1.165, 1.54) is 0 Å². The van der Waals surface area contributed by atoms with E-state index in [0.717, 1.165) is 0 Å². The van der Waals surface area contributed by atoms with E-state index in [1.807, 2.05) is 0 Å². The van der Waals surface area contributed by atoms with Crippen LogP contribution >= 0.6 is 21.8 Å². The molecule has 0 aliphatic heterocycles. The molecule has 0 nitrogen and oxygen atoms in total. The van der Waals surface area contributed by atoms with Crippen LogP contribution in [0.25, 0.3) is 0 Å². The van der Waals surface area contributed by atoms with Crippen molar-refractivity contribution in [2.75, 3.05) is 0 Å². The summed E-state index contributed by atoms with van der Waals surface area (Å²) in [7, 11) is 10.7. The monoisotopic (exact) mass is 208 g/mol. The topological polar surface area (TPSA) is 0 Å². The van der Waals surface area contributed by atoms with Crippen molar-refractivity contribution >= 4 is 21.8 Å². The zero-order chi connectivity index (χ0) is 3.58. The van der Waals surface area contributed by atoms with Crippen molar-refractivity contribution in [3.8, 4) is 0 Å². The normalized spacial score (nSPS) is 4.20. The molecule has 5 heteroatoms. The Morgan fingerprint density at radius 1 is 1.00 bits per heavy atom. The van der Waals surface area contributed by atoms with E-state index in [-0.39, 0.29) is 16.8 Å². The zero-order valence-electron chi connectivity index (χ0n) is 2.03. The van der Waals surface area contributed by atoms with Gasteiger partial charge in [-0.05, 0) is 0 Å². The molecule has 0 atom stereocenters. The fraction of sp³-hybridized carbons (Fsp3) is 0. The van der Waals surface area contributed by atoms with Crippen LogP contribution in [0.3, 0.4) is 0 Å². The van der Waals surface area contributed by atoms with Gasteiger partial charge >= 0.3 is 32.3 Å². The Morgan fingerprint density at radius 2 is 1.00 bits per heavy atom. The molecule has 0 fully saturated rings. The van der Waals surface area contributed by atoms with Gasteiger partial charge in [-0.2, -0.15) is 0 Å². The first-order valence-corrected chi connectivity index (χ1v) is 5.87. The van der Waals surface area contributed by atoms with E-state index >= 15 is 0 Å². The third-order valence-corrected chi connectivity index (χ3v) is 0. The molecule has 0 aromatic carbocycles. The molecule has 0 saturated carbocycles. The van der Waals surface area contributed by atoms with Crippen LogP contribution in [0, 0.1) is 0 Å². The van der Waals surface area contributed by atoms with Crippen LogP contribution < -0.4 is 0 Å². The van der Waals surface area contributed by atoms with E-state index in [9.17, 15) is 0 Å². The van der Waals surface area contributed by atoms with E-state index in [2.05, 4.69) is 21.8 Å². The van der Waals surface area contributed by atoms with Crippen molar-refractivity contribution in [3.05, 3.63) is 0 Å². The second kappa shape index (κ2) is 6.32. The van der Waals surface area contributed by atoms with Gasteiger partial charge in [-0.1, -0.05) is 0 Å². The van der Waals surface area contributed by atoms with Crippen molar-refractivity contribution in [2.24, 2.45) is 0 Å². The Kier molecular flexibility index (Phi) is 13.0. The standard InChI is InChI=1S/Co.Fe.3P. The minimum atomic E-state index is -0.667. The van der Waals surface area contributed by atoms with Crippen LogP contribution in [-0.4, -0.2) is 0 Å². The van der Waals surface area contributed by atoms with Crippen LogP contribution in [0.4, 0.5) is 0 Å². The quantitative estimate of drug-likeness (QED) is 0.423. The van der Waals surface area contributed by atoms with Crippen LogP contribution in [0.1, 0.15) is 0 Å². The van der Waals surface area contributed by atoms with Crippen LogP contribution in [0.5, 0.6) is 0 Å². The second-order valence-electron chi connectivity index (χ2n) is 0.212. The molecule has 0 heterocycles. The Bertz CT molecular complexity index is 222. The first kappa shape index (κ1) is 10.3. The zero-order valence-corrected chi connectivity index (χ0v) is 6.86. The summed E-state index contributed by atoms with van der Waals surface area (Å²) in [6.45, 7) is 0. The number of hydrogen-bond donors (Lipinski definition) is 0. The van der Waals surface area contributed by atoms with Crippen molar-refractivity contribution in [2.45, 2.75) is 0 Å². The molecule has 0 aliphatic rings. The van der Waals surface area contributed by atoms with Gasteiger partial charge in [-0.3, -0.25) is 0 Å². The van der Waals surface area contributed by atoms with Crippen LogP contribution in [0.15, 0.2) is 0 Å². The van der Waals surface area contributed by atoms with Gasteiger partial charge in [-0.15, -0.1) is 0 Å². The maximum atomic E-state index is 3.78. The fourth-order valence-corrected chi connectivity index (χ4v) is 0. The average Bonchev–Trinajstić information content (AvgIpc) is 0.811. The van der Waals surface area contributed by atoms with Gasteiger partial charge in [0.15, 0.2) is 0 Å². The Hall–Kier alpha value is 2.32. The second-order valence-corrected chi connectivity index (χ2v) is 7.87. The molecule has 32 valence electrons. The van der Waals surface area contributed by atoms with E-state index in [4.69, 9.17) is 0 Å². The molecule has 0 aromatic rings. The molecule has 5 heavy (non-hydrogen) atoms. The summed E-state index contributed by atoms with van der Waals surface area (Å²) in [5.74, 6) is 0. The molecule has 0 bridgehead atoms. The molecular formula is CoFeP3. The Morgan fingerprint density at radius 3 is 1.00 bits per heavy atom. The van der Waals surface area contributed by atoms with Gasteiger partial charge < -0.3 is 0 Å². The molecule has 0 aliphatic carbocycles. The summed E-state index contributed by atoms with van der Waals surface area (Å²) < 4.78 is 0. The van der Waals surface area contributed by atoms with Crippen molar-refractivity contribution in [1.29, 1.82) is 0 Å². The Balaban J connectivity index is 0. The predicted octanol–water partition coefficient (Wildman–Crippen LogP) is 2.58. The molecule has 0 saturated heterocycles. The average molecular weight is 208 g/mol. The van der Waals surface area contributed by atoms with Gasteiger partial charge in [-0.25, -0.2) is 0 Å². The third kappa shape index (κ3) is 21.9. The van der Waals surface area contributed by atoms with Crippen LogP contribution in [0.2, 0.25) is 0 Å². The fourth-order valence-electron chi connectivity index (χ4n) is 0. The van der Waals surface area contributed by atoms with Gasteiger partial charge in [0.2, 0.25) is 0 Å². The molecule has 0 amide bonds. The van der Waals surface area contributed by atoms with E-state index in [1.54, 1.807) is 0 Å². The molecule has 1 radical (unpaired) electrons. The van der Waals surface area contributed by atoms with E-state index < -0.39 is 10.5 Å². The SMILES string of the molecule is [Co].[P]#[Fe](#[P])#[P]. The molecule has 0 aromatic heterocycles. The van der Waals surface area contributed by atoms with Gasteiger partial charge in [0, 0.05) is 16.8 Å². The molecule has 0 N–H and O–H groups in total. The summed E-state index contributed by atoms with van der Waals surface area (Å²) >= 11 is 0. The van der Waals surface area contributed by atoms with E-state index in [0.29, 0.717) is 0 Å². The molecular weight excluding hydrogens is 208 g/mol.